The molecular weight excluding hydrogens is 196 g/mol. The summed E-state index contributed by atoms with van der Waals surface area (Å²) in [7, 11) is 0. The third-order valence-electron chi connectivity index (χ3n) is 2.34. The summed E-state index contributed by atoms with van der Waals surface area (Å²) in [5.41, 5.74) is 1.14. The minimum atomic E-state index is -1.20. The summed E-state index contributed by atoms with van der Waals surface area (Å²) >= 11 is 0. The minimum absolute atomic E-state index is 0.423. The fraction of sp³-hybridized carbons (Fsp3) is 0.300. The molecule has 0 aliphatic carbocycles. The lowest BCUT2D eigenvalue weighted by atomic mass is 10.1. The van der Waals surface area contributed by atoms with Crippen LogP contribution >= 0.6 is 0 Å². The maximum absolute atomic E-state index is 9.69. The Morgan fingerprint density at radius 1 is 1.27 bits per heavy atom. The Morgan fingerprint density at radius 2 is 2.00 bits per heavy atom. The molecule has 2 rings (SSSR count). The Balaban J connectivity index is 2.43. The lowest BCUT2D eigenvalue weighted by molar-refractivity contribution is -0.0166. The number of benzene rings is 1. The van der Waals surface area contributed by atoms with Crippen molar-refractivity contribution >= 4 is 10.9 Å². The second kappa shape index (κ2) is 3.98. The molecule has 0 saturated heterocycles. The Labute approximate surface area is 86.0 Å². The summed E-state index contributed by atoms with van der Waals surface area (Å²) in [5, 5.41) is 35.1. The average Bonchev–Trinajstić information content (AvgIpc) is 2.70. The second-order valence-corrected chi connectivity index (χ2v) is 3.35. The van der Waals surface area contributed by atoms with Crippen LogP contribution in [0.15, 0.2) is 24.3 Å². The van der Waals surface area contributed by atoms with E-state index in [0.717, 1.165) is 10.9 Å². The van der Waals surface area contributed by atoms with Crippen molar-refractivity contribution in [3.63, 3.8) is 0 Å². The van der Waals surface area contributed by atoms with Gasteiger partial charge in [-0.2, -0.15) is 5.10 Å². The fourth-order valence-corrected chi connectivity index (χ4v) is 1.50. The van der Waals surface area contributed by atoms with Crippen LogP contribution in [0.4, 0.5) is 0 Å². The van der Waals surface area contributed by atoms with Gasteiger partial charge < -0.3 is 15.3 Å². The van der Waals surface area contributed by atoms with E-state index in [2.05, 4.69) is 10.2 Å². The monoisotopic (exact) mass is 208 g/mol. The van der Waals surface area contributed by atoms with E-state index in [1.54, 1.807) is 12.1 Å². The van der Waals surface area contributed by atoms with Crippen LogP contribution in [0.1, 0.15) is 11.8 Å². The first-order valence-corrected chi connectivity index (χ1v) is 4.64. The lowest BCUT2D eigenvalue weighted by Crippen LogP contribution is -2.22. The van der Waals surface area contributed by atoms with Crippen LogP contribution in [0.5, 0.6) is 0 Å². The molecule has 0 bridgehead atoms. The minimum Gasteiger partial charge on any atom is -0.394 e. The van der Waals surface area contributed by atoms with Crippen molar-refractivity contribution in [1.82, 2.24) is 10.2 Å². The zero-order valence-corrected chi connectivity index (χ0v) is 7.96. The number of hydrogen-bond acceptors (Lipinski definition) is 4. The lowest BCUT2D eigenvalue weighted by Gasteiger charge is -2.13. The highest BCUT2D eigenvalue weighted by molar-refractivity contribution is 5.81. The van der Waals surface area contributed by atoms with E-state index in [4.69, 9.17) is 5.11 Å². The smallest absolute Gasteiger partial charge is 0.124 e. The molecule has 2 aromatic rings. The van der Waals surface area contributed by atoms with Crippen LogP contribution in [0.2, 0.25) is 0 Å². The summed E-state index contributed by atoms with van der Waals surface area (Å²) < 4.78 is 0. The molecule has 0 aliphatic rings. The number of para-hydroxylation sites is 1. The first-order valence-electron chi connectivity index (χ1n) is 4.64. The van der Waals surface area contributed by atoms with Gasteiger partial charge in [-0.25, -0.2) is 0 Å². The number of aliphatic hydroxyl groups excluding tert-OH is 3. The number of hydrogen-bond donors (Lipinski definition) is 4. The van der Waals surface area contributed by atoms with Gasteiger partial charge in [-0.05, 0) is 6.07 Å². The number of aromatic amines is 1. The molecule has 0 saturated carbocycles. The molecule has 2 unspecified atom stereocenters. The number of rotatable bonds is 3. The average molecular weight is 208 g/mol. The normalized spacial score (nSPS) is 15.4. The fourth-order valence-electron chi connectivity index (χ4n) is 1.50. The SMILES string of the molecule is OCC(O)C(O)c1[nH]nc2ccccc12. The van der Waals surface area contributed by atoms with Crippen LogP contribution in [0.3, 0.4) is 0 Å². The van der Waals surface area contributed by atoms with Crippen molar-refractivity contribution in [3.05, 3.63) is 30.0 Å². The second-order valence-electron chi connectivity index (χ2n) is 3.35. The van der Waals surface area contributed by atoms with Gasteiger partial charge in [-0.1, -0.05) is 18.2 Å². The molecule has 5 nitrogen and oxygen atoms in total. The molecular formula is C10H12N2O3. The predicted octanol–water partition coefficient (Wildman–Crippen LogP) is -0.0505. The topological polar surface area (TPSA) is 89.4 Å². The van der Waals surface area contributed by atoms with Crippen molar-refractivity contribution in [3.8, 4) is 0 Å². The van der Waals surface area contributed by atoms with E-state index < -0.39 is 18.8 Å². The molecule has 15 heavy (non-hydrogen) atoms. The molecule has 2 atom stereocenters. The van der Waals surface area contributed by atoms with E-state index in [-0.39, 0.29) is 0 Å². The van der Waals surface area contributed by atoms with Crippen LogP contribution < -0.4 is 0 Å². The first kappa shape index (κ1) is 10.1. The van der Waals surface area contributed by atoms with Crippen molar-refractivity contribution in [2.75, 3.05) is 6.61 Å². The quantitative estimate of drug-likeness (QED) is 0.569. The summed E-state index contributed by atoms with van der Waals surface area (Å²) in [6.45, 7) is -0.492. The number of H-pyrrole nitrogens is 1. The molecule has 0 fully saturated rings. The standard InChI is InChI=1S/C10H12N2O3/c13-5-8(14)10(15)9-6-3-1-2-4-7(6)11-12-9/h1-4,8,10,13-15H,5H2,(H,11,12). The number of nitrogens with one attached hydrogen (secondary N) is 1. The van der Waals surface area contributed by atoms with Gasteiger partial charge in [0.1, 0.15) is 12.2 Å². The number of fused-ring (bicyclic) bond motifs is 1. The Bertz CT molecular complexity index is 455. The molecule has 80 valence electrons. The molecule has 1 aromatic carbocycles. The third kappa shape index (κ3) is 1.72. The van der Waals surface area contributed by atoms with E-state index in [1.807, 2.05) is 12.1 Å². The number of aliphatic hydroxyl groups is 3. The van der Waals surface area contributed by atoms with E-state index in [9.17, 15) is 10.2 Å². The van der Waals surface area contributed by atoms with Crippen molar-refractivity contribution in [2.24, 2.45) is 0 Å². The molecule has 0 spiro atoms. The highest BCUT2D eigenvalue weighted by Crippen LogP contribution is 2.23. The summed E-state index contributed by atoms with van der Waals surface area (Å²) in [6, 6.07) is 7.25. The van der Waals surface area contributed by atoms with Crippen LogP contribution in [-0.4, -0.2) is 38.2 Å². The molecule has 0 radical (unpaired) electrons. The van der Waals surface area contributed by atoms with Gasteiger partial charge in [0, 0.05) is 5.39 Å². The Kier molecular flexibility index (Phi) is 2.68. The molecule has 0 aliphatic heterocycles. The Hall–Kier alpha value is -1.43. The predicted molar refractivity (Wildman–Crippen MR) is 54.1 cm³/mol. The molecule has 1 aromatic heterocycles. The zero-order valence-electron chi connectivity index (χ0n) is 7.96. The van der Waals surface area contributed by atoms with Gasteiger partial charge in [-0.3, -0.25) is 5.10 Å². The molecule has 5 heteroatoms. The zero-order chi connectivity index (χ0) is 10.8. The summed E-state index contributed by atoms with van der Waals surface area (Å²) in [6.07, 6.45) is -2.35. The number of aromatic nitrogens is 2. The third-order valence-corrected chi connectivity index (χ3v) is 2.34. The number of nitrogens with zero attached hydrogens (tertiary/aromatic N) is 1. The van der Waals surface area contributed by atoms with Crippen molar-refractivity contribution < 1.29 is 15.3 Å². The maximum atomic E-state index is 9.69. The largest absolute Gasteiger partial charge is 0.394 e. The van der Waals surface area contributed by atoms with E-state index in [0.29, 0.717) is 5.69 Å². The van der Waals surface area contributed by atoms with E-state index in [1.165, 1.54) is 0 Å². The van der Waals surface area contributed by atoms with Gasteiger partial charge in [0.05, 0.1) is 17.8 Å². The van der Waals surface area contributed by atoms with Gasteiger partial charge in [0.2, 0.25) is 0 Å². The summed E-state index contributed by atoms with van der Waals surface area (Å²) in [5.74, 6) is 0. The molecule has 1 heterocycles. The highest BCUT2D eigenvalue weighted by atomic mass is 16.4. The van der Waals surface area contributed by atoms with Crippen LogP contribution in [-0.2, 0) is 0 Å². The first-order chi connectivity index (χ1) is 7.24. The Morgan fingerprint density at radius 3 is 2.73 bits per heavy atom. The van der Waals surface area contributed by atoms with Gasteiger partial charge in [-0.15, -0.1) is 0 Å². The van der Waals surface area contributed by atoms with Gasteiger partial charge >= 0.3 is 0 Å². The van der Waals surface area contributed by atoms with Crippen LogP contribution in [0.25, 0.3) is 10.9 Å². The van der Waals surface area contributed by atoms with Crippen molar-refractivity contribution in [1.29, 1.82) is 0 Å². The molecule has 0 amide bonds. The highest BCUT2D eigenvalue weighted by Gasteiger charge is 2.21. The maximum Gasteiger partial charge on any atom is 0.124 e. The van der Waals surface area contributed by atoms with Gasteiger partial charge in [0.25, 0.3) is 0 Å². The van der Waals surface area contributed by atoms with E-state index >= 15 is 0 Å². The summed E-state index contributed by atoms with van der Waals surface area (Å²) in [4.78, 5) is 0. The van der Waals surface area contributed by atoms with Crippen molar-refractivity contribution in [2.45, 2.75) is 12.2 Å². The molecule has 4 N–H and O–H groups in total. The van der Waals surface area contributed by atoms with Gasteiger partial charge in [0.15, 0.2) is 0 Å². The van der Waals surface area contributed by atoms with Crippen LogP contribution in [0, 0.1) is 0 Å².